The molecule has 0 aliphatic heterocycles. The second-order valence-corrected chi connectivity index (χ2v) is 7.53. The summed E-state index contributed by atoms with van der Waals surface area (Å²) in [5.41, 5.74) is 2.74. The van der Waals surface area contributed by atoms with Crippen LogP contribution in [0, 0.1) is 11.8 Å². The van der Waals surface area contributed by atoms with Crippen LogP contribution in [0.4, 0.5) is 5.69 Å². The number of hydrogen-bond donors (Lipinski definition) is 2. The van der Waals surface area contributed by atoms with Crippen molar-refractivity contribution in [3.8, 4) is 11.5 Å². The van der Waals surface area contributed by atoms with Gasteiger partial charge in [-0.25, -0.2) is 0 Å². The molecule has 0 bridgehead atoms. The molecule has 1 aliphatic rings. The molecule has 5 nitrogen and oxygen atoms in total. The molecule has 6 heteroatoms. The largest absolute Gasteiger partial charge is 0.481 e. The lowest BCUT2D eigenvalue weighted by Gasteiger charge is -2.29. The van der Waals surface area contributed by atoms with Crippen LogP contribution in [0.5, 0.6) is 11.5 Å². The smallest absolute Gasteiger partial charge is 0.307 e. The van der Waals surface area contributed by atoms with Crippen LogP contribution < -0.4 is 10.1 Å². The maximum absolute atomic E-state index is 12.7. The number of aliphatic carboxylic acids is 1. The van der Waals surface area contributed by atoms with Gasteiger partial charge in [-0.3, -0.25) is 9.59 Å². The quantitative estimate of drug-likeness (QED) is 0.649. The van der Waals surface area contributed by atoms with Crippen LogP contribution >= 0.6 is 11.6 Å². The van der Waals surface area contributed by atoms with Gasteiger partial charge in [0.05, 0.1) is 11.8 Å². The van der Waals surface area contributed by atoms with E-state index in [0.29, 0.717) is 35.1 Å². The summed E-state index contributed by atoms with van der Waals surface area (Å²) in [5, 5.41) is 13.0. The third-order valence-electron chi connectivity index (χ3n) is 5.09. The summed E-state index contributed by atoms with van der Waals surface area (Å²) in [5.74, 6) is -1.20. The van der Waals surface area contributed by atoms with E-state index in [1.807, 2.05) is 13.8 Å². The molecule has 146 valence electrons. The summed E-state index contributed by atoms with van der Waals surface area (Å²) < 4.78 is 5.73. The Balaban J connectivity index is 1.66. The van der Waals surface area contributed by atoms with Crippen molar-refractivity contribution in [2.45, 2.75) is 26.7 Å². The Bertz CT molecular complexity index is 903. The maximum atomic E-state index is 12.7. The fourth-order valence-electron chi connectivity index (χ4n) is 3.31. The normalized spacial score (nSPS) is 19.2. The molecule has 3 rings (SSSR count). The molecule has 2 aromatic rings. The van der Waals surface area contributed by atoms with Gasteiger partial charge in [0, 0.05) is 10.7 Å². The number of ether oxygens (including phenoxy) is 1. The van der Waals surface area contributed by atoms with Gasteiger partial charge in [-0.1, -0.05) is 22.7 Å². The lowest BCUT2D eigenvalue weighted by Crippen LogP contribution is -2.36. The van der Waals surface area contributed by atoms with Crippen LogP contribution in [0.2, 0.25) is 5.02 Å². The molecular formula is C22H22ClNO4. The highest BCUT2D eigenvalue weighted by Crippen LogP contribution is 2.35. The van der Waals surface area contributed by atoms with Crippen molar-refractivity contribution in [2.24, 2.45) is 11.8 Å². The first kappa shape index (κ1) is 20.0. The fourth-order valence-corrected chi connectivity index (χ4v) is 3.43. The Morgan fingerprint density at radius 1 is 0.929 bits per heavy atom. The van der Waals surface area contributed by atoms with E-state index in [2.05, 4.69) is 5.32 Å². The van der Waals surface area contributed by atoms with E-state index in [1.165, 1.54) is 0 Å². The first-order valence-electron chi connectivity index (χ1n) is 9.06. The summed E-state index contributed by atoms with van der Waals surface area (Å²) in [6, 6.07) is 14.0. The number of benzene rings is 2. The van der Waals surface area contributed by atoms with Crippen LogP contribution in [-0.4, -0.2) is 17.0 Å². The molecular weight excluding hydrogens is 378 g/mol. The average Bonchev–Trinajstić information content (AvgIpc) is 2.66. The Labute approximate surface area is 169 Å². The standard InChI is InChI=1S/C22H22ClNO4/c1-13-11-19(20(22(26)27)12-14(13)2)21(25)24-16-5-9-18(10-6-16)28-17-7-3-15(23)4-8-17/h3-10,19-20H,11-12H2,1-2H3,(H,24,25)(H,26,27)/t19-,20+/m1/s1. The molecule has 1 amide bonds. The number of amides is 1. The molecule has 0 saturated heterocycles. The molecule has 0 fully saturated rings. The SMILES string of the molecule is CC1=C(C)C[C@@H](C(=O)Nc2ccc(Oc3ccc(Cl)cc3)cc2)[C@@H](C(=O)O)C1. The molecule has 0 spiro atoms. The van der Waals surface area contributed by atoms with Crippen molar-refractivity contribution in [1.82, 2.24) is 0 Å². The minimum atomic E-state index is -0.932. The number of hydrogen-bond acceptors (Lipinski definition) is 3. The number of carbonyl (C=O) groups excluding carboxylic acids is 1. The van der Waals surface area contributed by atoms with Crippen LogP contribution in [0.1, 0.15) is 26.7 Å². The molecule has 0 aromatic heterocycles. The Hall–Kier alpha value is -2.79. The van der Waals surface area contributed by atoms with E-state index < -0.39 is 17.8 Å². The predicted octanol–water partition coefficient (Wildman–Crippen LogP) is 5.52. The van der Waals surface area contributed by atoms with Crippen LogP contribution in [0.15, 0.2) is 59.7 Å². The van der Waals surface area contributed by atoms with Crippen LogP contribution in [-0.2, 0) is 9.59 Å². The Morgan fingerprint density at radius 2 is 1.43 bits per heavy atom. The van der Waals surface area contributed by atoms with Crippen LogP contribution in [0.25, 0.3) is 0 Å². The van der Waals surface area contributed by atoms with Gasteiger partial charge in [-0.05, 0) is 75.2 Å². The molecule has 0 saturated carbocycles. The lowest BCUT2D eigenvalue weighted by atomic mass is 9.76. The zero-order valence-electron chi connectivity index (χ0n) is 15.7. The monoisotopic (exact) mass is 399 g/mol. The minimum absolute atomic E-state index is 0.273. The number of carboxylic acids is 1. The molecule has 2 aromatic carbocycles. The number of halogens is 1. The van der Waals surface area contributed by atoms with E-state index in [0.717, 1.165) is 11.1 Å². The third-order valence-corrected chi connectivity index (χ3v) is 5.34. The first-order valence-corrected chi connectivity index (χ1v) is 9.43. The third kappa shape index (κ3) is 4.73. The van der Waals surface area contributed by atoms with Gasteiger partial charge in [0.2, 0.25) is 5.91 Å². The van der Waals surface area contributed by atoms with Gasteiger partial charge in [-0.2, -0.15) is 0 Å². The maximum Gasteiger partial charge on any atom is 0.307 e. The van der Waals surface area contributed by atoms with Crippen molar-refractivity contribution in [3.05, 3.63) is 64.7 Å². The number of allylic oxidation sites excluding steroid dienone is 2. The van der Waals surface area contributed by atoms with Crippen molar-refractivity contribution < 1.29 is 19.4 Å². The molecule has 0 radical (unpaired) electrons. The van der Waals surface area contributed by atoms with Gasteiger partial charge in [0.15, 0.2) is 0 Å². The van der Waals surface area contributed by atoms with E-state index in [9.17, 15) is 14.7 Å². The number of nitrogens with one attached hydrogen (secondary N) is 1. The zero-order valence-corrected chi connectivity index (χ0v) is 16.5. The number of anilines is 1. The van der Waals surface area contributed by atoms with Gasteiger partial charge in [-0.15, -0.1) is 0 Å². The topological polar surface area (TPSA) is 75.6 Å². The Morgan fingerprint density at radius 3 is 1.96 bits per heavy atom. The van der Waals surface area contributed by atoms with Crippen molar-refractivity contribution in [2.75, 3.05) is 5.32 Å². The van der Waals surface area contributed by atoms with Gasteiger partial charge in [0.1, 0.15) is 11.5 Å². The molecule has 2 atom stereocenters. The van der Waals surface area contributed by atoms with E-state index in [1.54, 1.807) is 48.5 Å². The first-order chi connectivity index (χ1) is 13.3. The van der Waals surface area contributed by atoms with Crippen molar-refractivity contribution in [1.29, 1.82) is 0 Å². The van der Waals surface area contributed by atoms with E-state index in [4.69, 9.17) is 16.3 Å². The van der Waals surface area contributed by atoms with Gasteiger partial charge >= 0.3 is 5.97 Å². The number of carboxylic acid groups (broad SMARTS) is 1. The minimum Gasteiger partial charge on any atom is -0.481 e. The summed E-state index contributed by atoms with van der Waals surface area (Å²) >= 11 is 5.86. The van der Waals surface area contributed by atoms with E-state index in [-0.39, 0.29) is 5.91 Å². The highest BCUT2D eigenvalue weighted by molar-refractivity contribution is 6.30. The molecule has 28 heavy (non-hydrogen) atoms. The number of carbonyl (C=O) groups is 2. The summed E-state index contributed by atoms with van der Waals surface area (Å²) in [6.45, 7) is 3.88. The Kier molecular flexibility index (Phi) is 6.05. The van der Waals surface area contributed by atoms with E-state index >= 15 is 0 Å². The molecule has 1 aliphatic carbocycles. The van der Waals surface area contributed by atoms with Gasteiger partial charge < -0.3 is 15.2 Å². The van der Waals surface area contributed by atoms with Crippen LogP contribution in [0.3, 0.4) is 0 Å². The second kappa shape index (κ2) is 8.48. The summed E-state index contributed by atoms with van der Waals surface area (Å²) in [7, 11) is 0. The summed E-state index contributed by atoms with van der Waals surface area (Å²) in [6.07, 6.45) is 0.875. The van der Waals surface area contributed by atoms with Crippen molar-refractivity contribution in [3.63, 3.8) is 0 Å². The molecule has 0 unspecified atom stereocenters. The van der Waals surface area contributed by atoms with Crippen molar-refractivity contribution >= 4 is 29.2 Å². The fraction of sp³-hybridized carbons (Fsp3) is 0.273. The number of rotatable bonds is 5. The zero-order chi connectivity index (χ0) is 20.3. The highest BCUT2D eigenvalue weighted by atomic mass is 35.5. The molecule has 0 heterocycles. The highest BCUT2D eigenvalue weighted by Gasteiger charge is 2.37. The lowest BCUT2D eigenvalue weighted by molar-refractivity contribution is -0.146. The molecule has 2 N–H and O–H groups in total. The second-order valence-electron chi connectivity index (χ2n) is 7.09. The predicted molar refractivity (Wildman–Crippen MR) is 109 cm³/mol. The average molecular weight is 400 g/mol. The van der Waals surface area contributed by atoms with Gasteiger partial charge in [0.25, 0.3) is 0 Å². The summed E-state index contributed by atoms with van der Waals surface area (Å²) in [4.78, 5) is 24.3.